The number of hydrogen-bond donors (Lipinski definition) is 1. The van der Waals surface area contributed by atoms with Crippen LogP contribution in [0.15, 0.2) is 11.6 Å². The molecule has 0 saturated heterocycles. The molecular formula is C11H19N3OS. The first-order valence-corrected chi connectivity index (χ1v) is 6.30. The van der Waals surface area contributed by atoms with Gasteiger partial charge in [0.05, 0.1) is 12.1 Å². The fourth-order valence-corrected chi connectivity index (χ4v) is 2.38. The average molecular weight is 241 g/mol. The Hall–Kier alpha value is -0.940. The Kier molecular flexibility index (Phi) is 4.44. The predicted octanol–water partition coefficient (Wildman–Crippen LogP) is 1.79. The molecule has 1 amide bonds. The fourth-order valence-electron chi connectivity index (χ4n) is 1.69. The van der Waals surface area contributed by atoms with Crippen LogP contribution in [0.25, 0.3) is 0 Å². The van der Waals surface area contributed by atoms with Gasteiger partial charge in [-0.3, -0.25) is 4.79 Å². The Labute approximate surface area is 100 Å². The van der Waals surface area contributed by atoms with Crippen molar-refractivity contribution >= 4 is 17.2 Å². The summed E-state index contributed by atoms with van der Waals surface area (Å²) in [6, 6.07) is -0.360. The van der Waals surface area contributed by atoms with Crippen molar-refractivity contribution in [1.82, 2.24) is 9.88 Å². The molecule has 0 fully saturated rings. The molecule has 4 nitrogen and oxygen atoms in total. The molecule has 90 valence electrons. The number of carbonyl (C=O) groups is 1. The van der Waals surface area contributed by atoms with E-state index in [0.717, 1.165) is 5.01 Å². The van der Waals surface area contributed by atoms with Gasteiger partial charge in [0.2, 0.25) is 5.91 Å². The van der Waals surface area contributed by atoms with Crippen molar-refractivity contribution in [1.29, 1.82) is 0 Å². The molecule has 5 heteroatoms. The second kappa shape index (κ2) is 5.41. The van der Waals surface area contributed by atoms with Crippen LogP contribution in [0, 0.1) is 0 Å². The van der Waals surface area contributed by atoms with E-state index in [2.05, 4.69) is 4.98 Å². The zero-order chi connectivity index (χ0) is 12.3. The van der Waals surface area contributed by atoms with E-state index in [1.165, 1.54) is 0 Å². The summed E-state index contributed by atoms with van der Waals surface area (Å²) in [4.78, 5) is 18.0. The molecule has 0 spiro atoms. The lowest BCUT2D eigenvalue weighted by molar-refractivity contribution is -0.136. The lowest BCUT2D eigenvalue weighted by Crippen LogP contribution is -2.46. The Bertz CT molecular complexity index is 335. The van der Waals surface area contributed by atoms with Crippen LogP contribution in [0.2, 0.25) is 0 Å². The van der Waals surface area contributed by atoms with Crippen LogP contribution < -0.4 is 5.73 Å². The smallest absolute Gasteiger partial charge is 0.240 e. The summed E-state index contributed by atoms with van der Waals surface area (Å²) in [7, 11) is 0. The summed E-state index contributed by atoms with van der Waals surface area (Å²) < 4.78 is 0. The molecule has 16 heavy (non-hydrogen) atoms. The first-order chi connectivity index (χ1) is 7.45. The molecule has 1 aromatic heterocycles. The molecule has 2 N–H and O–H groups in total. The molecule has 1 heterocycles. The van der Waals surface area contributed by atoms with Gasteiger partial charge in [-0.2, -0.15) is 0 Å². The Balaban J connectivity index is 2.90. The minimum absolute atomic E-state index is 0.0153. The largest absolute Gasteiger partial charge is 0.330 e. The van der Waals surface area contributed by atoms with E-state index < -0.39 is 6.04 Å². The first-order valence-electron chi connectivity index (χ1n) is 5.42. The van der Waals surface area contributed by atoms with Gasteiger partial charge in [0, 0.05) is 17.6 Å². The third kappa shape index (κ3) is 2.80. The van der Waals surface area contributed by atoms with Crippen LogP contribution in [0.4, 0.5) is 0 Å². The summed E-state index contributed by atoms with van der Waals surface area (Å²) in [6.07, 6.45) is 1.76. The zero-order valence-electron chi connectivity index (χ0n) is 10.2. The highest BCUT2D eigenvalue weighted by atomic mass is 32.1. The maximum absolute atomic E-state index is 12.0. The van der Waals surface area contributed by atoms with Crippen LogP contribution in [-0.2, 0) is 4.79 Å². The fraction of sp³-hybridized carbons (Fsp3) is 0.636. The van der Waals surface area contributed by atoms with E-state index in [4.69, 9.17) is 5.73 Å². The van der Waals surface area contributed by atoms with Gasteiger partial charge in [0.15, 0.2) is 0 Å². The minimum Gasteiger partial charge on any atom is -0.330 e. The van der Waals surface area contributed by atoms with Gasteiger partial charge in [-0.25, -0.2) is 4.98 Å². The van der Waals surface area contributed by atoms with Crippen LogP contribution in [0.3, 0.4) is 0 Å². The van der Waals surface area contributed by atoms with Gasteiger partial charge in [-0.05, 0) is 27.7 Å². The molecule has 0 aliphatic rings. The van der Waals surface area contributed by atoms with E-state index in [1.54, 1.807) is 29.4 Å². The highest BCUT2D eigenvalue weighted by Gasteiger charge is 2.27. The van der Waals surface area contributed by atoms with Gasteiger partial charge < -0.3 is 10.6 Å². The number of nitrogens with zero attached hydrogens (tertiary/aromatic N) is 2. The summed E-state index contributed by atoms with van der Waals surface area (Å²) >= 11 is 1.56. The number of thiazole rings is 1. The topological polar surface area (TPSA) is 59.2 Å². The van der Waals surface area contributed by atoms with E-state index in [1.807, 2.05) is 26.2 Å². The normalized spacial score (nSPS) is 14.9. The molecular weight excluding hydrogens is 222 g/mol. The van der Waals surface area contributed by atoms with Crippen molar-refractivity contribution < 1.29 is 4.79 Å². The lowest BCUT2D eigenvalue weighted by atomic mass is 10.1. The zero-order valence-corrected chi connectivity index (χ0v) is 11.0. The van der Waals surface area contributed by atoms with Crippen molar-refractivity contribution in [3.63, 3.8) is 0 Å². The van der Waals surface area contributed by atoms with Crippen LogP contribution >= 0.6 is 11.3 Å². The number of amides is 1. The molecule has 0 radical (unpaired) electrons. The molecule has 0 aliphatic carbocycles. The highest BCUT2D eigenvalue weighted by molar-refractivity contribution is 7.09. The molecule has 0 aromatic carbocycles. The third-order valence-corrected chi connectivity index (χ3v) is 3.37. The number of rotatable bonds is 4. The summed E-state index contributed by atoms with van der Waals surface area (Å²) in [5, 5.41) is 2.86. The molecule has 1 rings (SSSR count). The van der Waals surface area contributed by atoms with Gasteiger partial charge in [0.1, 0.15) is 5.01 Å². The van der Waals surface area contributed by atoms with E-state index in [-0.39, 0.29) is 18.0 Å². The molecule has 1 aromatic rings. The summed E-state index contributed by atoms with van der Waals surface area (Å²) in [6.45, 7) is 7.68. The quantitative estimate of drug-likeness (QED) is 0.874. The SMILES string of the molecule is CC(C)N(C(=O)[C@H](C)N)C(C)c1nccs1. The highest BCUT2D eigenvalue weighted by Crippen LogP contribution is 2.24. The van der Waals surface area contributed by atoms with Crippen LogP contribution in [0.1, 0.15) is 38.7 Å². The standard InChI is InChI=1S/C11H19N3OS/c1-7(2)14(11(15)8(3)12)9(4)10-13-5-6-16-10/h5-9H,12H2,1-4H3/t8-,9?/m0/s1. The second-order valence-corrected chi connectivity index (χ2v) is 5.10. The maximum Gasteiger partial charge on any atom is 0.240 e. The molecule has 0 aliphatic heterocycles. The Morgan fingerprint density at radius 3 is 2.44 bits per heavy atom. The third-order valence-electron chi connectivity index (χ3n) is 2.43. The molecule has 1 unspecified atom stereocenters. The Morgan fingerprint density at radius 2 is 2.06 bits per heavy atom. The van der Waals surface area contributed by atoms with Crippen molar-refractivity contribution in [2.75, 3.05) is 0 Å². The summed E-state index contributed by atoms with van der Waals surface area (Å²) in [5.74, 6) is -0.0299. The lowest BCUT2D eigenvalue weighted by Gasteiger charge is -2.33. The van der Waals surface area contributed by atoms with Crippen LogP contribution in [-0.4, -0.2) is 27.9 Å². The monoisotopic (exact) mass is 241 g/mol. The Morgan fingerprint density at radius 1 is 1.44 bits per heavy atom. The van der Waals surface area contributed by atoms with Crippen molar-refractivity contribution in [3.05, 3.63) is 16.6 Å². The number of nitrogens with two attached hydrogens (primary N) is 1. The van der Waals surface area contributed by atoms with Gasteiger partial charge >= 0.3 is 0 Å². The van der Waals surface area contributed by atoms with Crippen molar-refractivity contribution in [2.24, 2.45) is 5.73 Å². The summed E-state index contributed by atoms with van der Waals surface area (Å²) in [5.41, 5.74) is 5.66. The molecule has 2 atom stereocenters. The molecule has 0 saturated carbocycles. The van der Waals surface area contributed by atoms with Crippen LogP contribution in [0.5, 0.6) is 0 Å². The first kappa shape index (κ1) is 13.1. The van der Waals surface area contributed by atoms with E-state index in [9.17, 15) is 4.79 Å². The van der Waals surface area contributed by atoms with Gasteiger partial charge in [0.25, 0.3) is 0 Å². The number of aromatic nitrogens is 1. The minimum atomic E-state index is -0.468. The second-order valence-electron chi connectivity index (χ2n) is 4.17. The number of hydrogen-bond acceptors (Lipinski definition) is 4. The van der Waals surface area contributed by atoms with Gasteiger partial charge in [-0.1, -0.05) is 0 Å². The maximum atomic E-state index is 12.0. The van der Waals surface area contributed by atoms with Gasteiger partial charge in [-0.15, -0.1) is 11.3 Å². The predicted molar refractivity (Wildman–Crippen MR) is 66.2 cm³/mol. The number of carbonyl (C=O) groups excluding carboxylic acids is 1. The van der Waals surface area contributed by atoms with Crippen molar-refractivity contribution in [3.8, 4) is 0 Å². The average Bonchev–Trinajstić information content (AvgIpc) is 2.69. The van der Waals surface area contributed by atoms with E-state index in [0.29, 0.717) is 0 Å². The molecule has 0 bridgehead atoms. The van der Waals surface area contributed by atoms with E-state index >= 15 is 0 Å². The van der Waals surface area contributed by atoms with Crippen molar-refractivity contribution in [2.45, 2.75) is 45.8 Å².